The van der Waals surface area contributed by atoms with Crippen molar-refractivity contribution in [2.45, 2.75) is 46.7 Å². The van der Waals surface area contributed by atoms with Gasteiger partial charge in [-0.1, -0.05) is 43.7 Å². The van der Waals surface area contributed by atoms with Crippen molar-refractivity contribution in [3.8, 4) is 5.75 Å². The van der Waals surface area contributed by atoms with Crippen LogP contribution in [-0.2, 0) is 4.79 Å². The number of carbonyl (C=O) groups is 2. The lowest BCUT2D eigenvalue weighted by molar-refractivity contribution is -0.124. The van der Waals surface area contributed by atoms with Crippen LogP contribution in [-0.4, -0.2) is 24.5 Å². The SMILES string of the molecule is CCOc1cccc2cc(C(C)NC(=O)C(NC(=O)c3cccc(C)c3)C(C)C)oc12. The summed E-state index contributed by atoms with van der Waals surface area (Å²) >= 11 is 0. The molecule has 2 N–H and O–H groups in total. The Hall–Kier alpha value is -3.28. The molecule has 2 atom stereocenters. The van der Waals surface area contributed by atoms with E-state index < -0.39 is 6.04 Å². The summed E-state index contributed by atoms with van der Waals surface area (Å²) in [6.07, 6.45) is 0. The van der Waals surface area contributed by atoms with Crippen LogP contribution in [0.5, 0.6) is 5.75 Å². The van der Waals surface area contributed by atoms with Gasteiger partial charge < -0.3 is 19.8 Å². The van der Waals surface area contributed by atoms with E-state index in [0.29, 0.717) is 29.3 Å². The van der Waals surface area contributed by atoms with Crippen molar-refractivity contribution in [1.82, 2.24) is 10.6 Å². The van der Waals surface area contributed by atoms with Crippen LogP contribution >= 0.6 is 0 Å². The molecule has 0 aliphatic carbocycles. The molecule has 0 spiro atoms. The molecule has 1 aromatic heterocycles. The van der Waals surface area contributed by atoms with E-state index in [-0.39, 0.29) is 23.8 Å². The Labute approximate surface area is 183 Å². The molecule has 1 heterocycles. The third kappa shape index (κ3) is 5.26. The highest BCUT2D eigenvalue weighted by atomic mass is 16.5. The first-order valence-corrected chi connectivity index (χ1v) is 10.6. The van der Waals surface area contributed by atoms with Gasteiger partial charge in [0.25, 0.3) is 5.91 Å². The molecule has 2 aromatic carbocycles. The van der Waals surface area contributed by atoms with E-state index in [1.165, 1.54) is 0 Å². The molecule has 31 heavy (non-hydrogen) atoms. The maximum Gasteiger partial charge on any atom is 0.251 e. The summed E-state index contributed by atoms with van der Waals surface area (Å²) in [6.45, 7) is 10.0. The molecule has 0 radical (unpaired) electrons. The molecule has 3 aromatic rings. The van der Waals surface area contributed by atoms with Gasteiger partial charge in [-0.05, 0) is 51.0 Å². The first-order valence-electron chi connectivity index (χ1n) is 10.6. The number of hydrogen-bond donors (Lipinski definition) is 2. The third-order valence-corrected chi connectivity index (χ3v) is 5.13. The topological polar surface area (TPSA) is 80.6 Å². The lowest BCUT2D eigenvalue weighted by Crippen LogP contribution is -2.50. The van der Waals surface area contributed by atoms with Gasteiger partial charge in [0.1, 0.15) is 11.8 Å². The molecule has 0 aliphatic heterocycles. The molecule has 164 valence electrons. The van der Waals surface area contributed by atoms with Crippen molar-refractivity contribution < 1.29 is 18.7 Å². The molecular formula is C25H30N2O4. The highest BCUT2D eigenvalue weighted by Crippen LogP contribution is 2.31. The molecule has 0 fully saturated rings. The maximum absolute atomic E-state index is 13.0. The van der Waals surface area contributed by atoms with Crippen LogP contribution in [0.2, 0.25) is 0 Å². The lowest BCUT2D eigenvalue weighted by atomic mass is 10.0. The highest BCUT2D eigenvalue weighted by molar-refractivity contribution is 5.97. The number of amides is 2. The van der Waals surface area contributed by atoms with Gasteiger partial charge >= 0.3 is 0 Å². The number of rotatable bonds is 8. The minimum atomic E-state index is -0.668. The van der Waals surface area contributed by atoms with Crippen LogP contribution < -0.4 is 15.4 Å². The van der Waals surface area contributed by atoms with Crippen LogP contribution in [0.3, 0.4) is 0 Å². The summed E-state index contributed by atoms with van der Waals surface area (Å²) < 4.78 is 11.6. The monoisotopic (exact) mass is 422 g/mol. The van der Waals surface area contributed by atoms with Gasteiger partial charge in [-0.2, -0.15) is 0 Å². The number of benzene rings is 2. The van der Waals surface area contributed by atoms with Crippen molar-refractivity contribution in [3.63, 3.8) is 0 Å². The van der Waals surface area contributed by atoms with Crippen LogP contribution in [0.4, 0.5) is 0 Å². The van der Waals surface area contributed by atoms with Gasteiger partial charge in [0, 0.05) is 10.9 Å². The van der Waals surface area contributed by atoms with Gasteiger partial charge in [0.15, 0.2) is 11.3 Å². The molecule has 0 aliphatic rings. The van der Waals surface area contributed by atoms with Gasteiger partial charge in [-0.3, -0.25) is 9.59 Å². The van der Waals surface area contributed by atoms with E-state index in [1.54, 1.807) is 12.1 Å². The molecule has 2 amide bonds. The largest absolute Gasteiger partial charge is 0.490 e. The van der Waals surface area contributed by atoms with E-state index in [4.69, 9.17) is 9.15 Å². The quantitative estimate of drug-likeness (QED) is 0.548. The second-order valence-corrected chi connectivity index (χ2v) is 8.05. The van der Waals surface area contributed by atoms with E-state index in [1.807, 2.05) is 71.0 Å². The number of aryl methyl sites for hydroxylation is 1. The second kappa shape index (κ2) is 9.69. The number of ether oxygens (including phenoxy) is 1. The number of hydrogen-bond acceptors (Lipinski definition) is 4. The first-order chi connectivity index (χ1) is 14.8. The summed E-state index contributed by atoms with van der Waals surface area (Å²) in [5, 5.41) is 6.75. The zero-order chi connectivity index (χ0) is 22.5. The fourth-order valence-corrected chi connectivity index (χ4v) is 3.46. The van der Waals surface area contributed by atoms with Crippen LogP contribution in [0, 0.1) is 12.8 Å². The minimum absolute atomic E-state index is 0.0822. The standard InChI is InChI=1S/C25H30N2O4/c1-6-30-20-12-8-10-18-14-21(31-23(18)20)17(5)26-25(29)22(15(2)3)27-24(28)19-11-7-9-16(4)13-19/h7-15,17,22H,6H2,1-5H3,(H,26,29)(H,27,28). The number of para-hydroxylation sites is 1. The molecule has 6 heteroatoms. The van der Waals surface area contributed by atoms with Crippen molar-refractivity contribution in [1.29, 1.82) is 0 Å². The molecular weight excluding hydrogens is 392 g/mol. The predicted octanol–water partition coefficient (Wildman–Crippen LogP) is 4.77. The van der Waals surface area contributed by atoms with Crippen molar-refractivity contribution in [3.05, 3.63) is 65.4 Å². The summed E-state index contributed by atoms with van der Waals surface area (Å²) in [5.41, 5.74) is 2.18. The molecule has 0 bridgehead atoms. The van der Waals surface area contributed by atoms with Gasteiger partial charge in [-0.15, -0.1) is 0 Å². The Morgan fingerprint density at radius 1 is 1.03 bits per heavy atom. The lowest BCUT2D eigenvalue weighted by Gasteiger charge is -2.23. The molecule has 0 saturated heterocycles. The minimum Gasteiger partial charge on any atom is -0.490 e. The molecule has 0 saturated carbocycles. The summed E-state index contributed by atoms with van der Waals surface area (Å²) in [6, 6.07) is 13.9. The summed E-state index contributed by atoms with van der Waals surface area (Å²) in [5.74, 6) is 0.698. The molecule has 3 rings (SSSR count). The van der Waals surface area contributed by atoms with Crippen molar-refractivity contribution in [2.75, 3.05) is 6.61 Å². The van der Waals surface area contributed by atoms with Gasteiger partial charge in [0.05, 0.1) is 12.6 Å². The summed E-state index contributed by atoms with van der Waals surface area (Å²) in [4.78, 5) is 25.7. The van der Waals surface area contributed by atoms with Crippen LogP contribution in [0.15, 0.2) is 52.9 Å². The zero-order valence-corrected chi connectivity index (χ0v) is 18.7. The first kappa shape index (κ1) is 22.4. The Morgan fingerprint density at radius 3 is 2.45 bits per heavy atom. The van der Waals surface area contributed by atoms with E-state index in [2.05, 4.69) is 10.6 Å². The number of fused-ring (bicyclic) bond motifs is 1. The number of carbonyl (C=O) groups excluding carboxylic acids is 2. The zero-order valence-electron chi connectivity index (χ0n) is 18.7. The average molecular weight is 423 g/mol. The molecule has 2 unspecified atom stereocenters. The Bertz CT molecular complexity index is 1070. The Balaban J connectivity index is 1.74. The van der Waals surface area contributed by atoms with Crippen molar-refractivity contribution in [2.24, 2.45) is 5.92 Å². The Kier molecular flexibility index (Phi) is 7.00. The van der Waals surface area contributed by atoms with Gasteiger partial charge in [-0.25, -0.2) is 0 Å². The smallest absolute Gasteiger partial charge is 0.251 e. The predicted molar refractivity (Wildman–Crippen MR) is 121 cm³/mol. The maximum atomic E-state index is 13.0. The number of furan rings is 1. The second-order valence-electron chi connectivity index (χ2n) is 8.05. The molecule has 6 nitrogen and oxygen atoms in total. The normalized spacial score (nSPS) is 13.1. The average Bonchev–Trinajstić information content (AvgIpc) is 3.17. The van der Waals surface area contributed by atoms with Crippen LogP contribution in [0.1, 0.15) is 55.4 Å². The van der Waals surface area contributed by atoms with Gasteiger partial charge in [0.2, 0.25) is 5.91 Å². The van der Waals surface area contributed by atoms with E-state index in [0.717, 1.165) is 10.9 Å². The summed E-state index contributed by atoms with van der Waals surface area (Å²) in [7, 11) is 0. The Morgan fingerprint density at radius 2 is 1.77 bits per heavy atom. The van der Waals surface area contributed by atoms with E-state index in [9.17, 15) is 9.59 Å². The fourth-order valence-electron chi connectivity index (χ4n) is 3.46. The van der Waals surface area contributed by atoms with Crippen LogP contribution in [0.25, 0.3) is 11.0 Å². The van der Waals surface area contributed by atoms with Crippen molar-refractivity contribution >= 4 is 22.8 Å². The third-order valence-electron chi connectivity index (χ3n) is 5.13. The number of nitrogens with one attached hydrogen (secondary N) is 2. The van der Waals surface area contributed by atoms with E-state index >= 15 is 0 Å². The fraction of sp³-hybridized carbons (Fsp3) is 0.360. The highest BCUT2D eigenvalue weighted by Gasteiger charge is 2.27.